The summed E-state index contributed by atoms with van der Waals surface area (Å²) >= 11 is 1.22. The molecule has 7 nitrogen and oxygen atoms in total. The number of methoxy groups -OCH3 is 1. The number of carbonyl (C=O) groups is 1. The Balaban J connectivity index is 1.99. The van der Waals surface area contributed by atoms with Crippen LogP contribution in [-0.2, 0) is 16.6 Å². The Bertz CT molecular complexity index is 1360. The number of aryl methyl sites for hydroxylation is 1. The van der Waals surface area contributed by atoms with Crippen LogP contribution in [0.15, 0.2) is 51.5 Å². The Morgan fingerprint density at radius 2 is 1.97 bits per heavy atom. The lowest BCUT2D eigenvalue weighted by Crippen LogP contribution is -2.40. The van der Waals surface area contributed by atoms with Crippen LogP contribution in [0.3, 0.4) is 0 Å². The predicted octanol–water partition coefficient (Wildman–Crippen LogP) is 1.59. The molecule has 0 N–H and O–H groups in total. The smallest absolute Gasteiger partial charge is 0.338 e. The standard InChI is InChI=1S/C21H19FN4O3S/c1-11-17(20(28)29-4)18(15-10-23-25(3)12(15)2)26-19(27)16(30-21(26)24-11)9-13-5-7-14(22)8-6-13/h5-10,18H,1-4H3/b16-9+/t18-/m1/s1. The molecule has 154 valence electrons. The first-order valence-corrected chi connectivity index (χ1v) is 9.98. The van der Waals surface area contributed by atoms with Gasteiger partial charge in [-0.05, 0) is 37.6 Å². The summed E-state index contributed by atoms with van der Waals surface area (Å²) in [6, 6.07) is 5.18. The van der Waals surface area contributed by atoms with Crippen molar-refractivity contribution in [3.05, 3.63) is 84.1 Å². The number of thiazole rings is 1. The second kappa shape index (κ2) is 7.49. The molecule has 0 spiro atoms. The first kappa shape index (κ1) is 20.0. The van der Waals surface area contributed by atoms with Crippen molar-refractivity contribution < 1.29 is 13.9 Å². The SMILES string of the molecule is COC(=O)C1=C(C)N=c2s/c(=C/c3ccc(F)cc3)c(=O)n2[C@@H]1c1cnn(C)c1C. The van der Waals surface area contributed by atoms with E-state index in [4.69, 9.17) is 4.74 Å². The molecule has 0 aliphatic carbocycles. The van der Waals surface area contributed by atoms with E-state index in [1.807, 2.05) is 6.92 Å². The summed E-state index contributed by atoms with van der Waals surface area (Å²) in [5, 5.41) is 4.28. The molecule has 0 radical (unpaired) electrons. The van der Waals surface area contributed by atoms with Crippen molar-refractivity contribution in [1.82, 2.24) is 14.3 Å². The maximum Gasteiger partial charge on any atom is 0.338 e. The minimum absolute atomic E-state index is 0.287. The summed E-state index contributed by atoms with van der Waals surface area (Å²) in [5.41, 5.74) is 2.75. The van der Waals surface area contributed by atoms with Crippen LogP contribution in [0.4, 0.5) is 4.39 Å². The lowest BCUT2D eigenvalue weighted by atomic mass is 9.96. The molecule has 3 aromatic rings. The normalized spacial score (nSPS) is 16.4. The van der Waals surface area contributed by atoms with E-state index in [1.54, 1.807) is 43.1 Å². The Morgan fingerprint density at radius 3 is 2.57 bits per heavy atom. The van der Waals surface area contributed by atoms with Crippen LogP contribution < -0.4 is 14.9 Å². The number of carbonyl (C=O) groups excluding carboxylic acids is 1. The third kappa shape index (κ3) is 3.21. The molecular formula is C21H19FN4O3S. The summed E-state index contributed by atoms with van der Waals surface area (Å²) in [7, 11) is 3.10. The van der Waals surface area contributed by atoms with Gasteiger partial charge < -0.3 is 4.74 Å². The number of ether oxygens (including phenoxy) is 1. The minimum Gasteiger partial charge on any atom is -0.466 e. The summed E-state index contributed by atoms with van der Waals surface area (Å²) in [5.74, 6) is -0.892. The van der Waals surface area contributed by atoms with Crippen LogP contribution in [0.1, 0.15) is 29.8 Å². The zero-order valence-corrected chi connectivity index (χ0v) is 17.7. The molecule has 30 heavy (non-hydrogen) atoms. The van der Waals surface area contributed by atoms with Gasteiger partial charge in [0.2, 0.25) is 0 Å². The first-order valence-electron chi connectivity index (χ1n) is 9.16. The number of nitrogens with zero attached hydrogens (tertiary/aromatic N) is 4. The second-order valence-corrected chi connectivity index (χ2v) is 7.94. The minimum atomic E-state index is -0.697. The monoisotopic (exact) mass is 426 g/mol. The molecule has 1 atom stereocenters. The number of hydrogen-bond acceptors (Lipinski definition) is 6. The van der Waals surface area contributed by atoms with E-state index in [2.05, 4.69) is 10.1 Å². The number of fused-ring (bicyclic) bond motifs is 1. The predicted molar refractivity (Wildman–Crippen MR) is 110 cm³/mol. The molecule has 0 fully saturated rings. The van der Waals surface area contributed by atoms with Gasteiger partial charge in [0.05, 0.1) is 29.1 Å². The highest BCUT2D eigenvalue weighted by Gasteiger charge is 2.34. The average Bonchev–Trinajstić information content (AvgIpc) is 3.21. The second-order valence-electron chi connectivity index (χ2n) is 6.93. The number of hydrogen-bond donors (Lipinski definition) is 0. The van der Waals surface area contributed by atoms with Crippen molar-refractivity contribution in [2.45, 2.75) is 19.9 Å². The van der Waals surface area contributed by atoms with Crippen LogP contribution in [0, 0.1) is 12.7 Å². The fourth-order valence-electron chi connectivity index (χ4n) is 3.48. The van der Waals surface area contributed by atoms with Crippen LogP contribution in [-0.4, -0.2) is 27.4 Å². The number of esters is 1. The topological polar surface area (TPSA) is 78.5 Å². The van der Waals surface area contributed by atoms with Gasteiger partial charge in [0, 0.05) is 18.3 Å². The van der Waals surface area contributed by atoms with Crippen molar-refractivity contribution in [1.29, 1.82) is 0 Å². The van der Waals surface area contributed by atoms with Crippen molar-refractivity contribution >= 4 is 23.4 Å². The zero-order valence-electron chi connectivity index (χ0n) is 16.8. The summed E-state index contributed by atoms with van der Waals surface area (Å²) in [6.07, 6.45) is 3.34. The Labute approximate surface area is 175 Å². The molecule has 0 amide bonds. The van der Waals surface area contributed by atoms with E-state index in [0.29, 0.717) is 26.2 Å². The van der Waals surface area contributed by atoms with Gasteiger partial charge in [0.15, 0.2) is 4.80 Å². The highest BCUT2D eigenvalue weighted by molar-refractivity contribution is 7.07. The van der Waals surface area contributed by atoms with Gasteiger partial charge in [-0.2, -0.15) is 5.10 Å². The quantitative estimate of drug-likeness (QED) is 0.596. The summed E-state index contributed by atoms with van der Waals surface area (Å²) in [4.78, 5) is 30.9. The number of rotatable bonds is 3. The first-order chi connectivity index (χ1) is 14.3. The molecule has 1 aromatic carbocycles. The maximum atomic E-state index is 13.4. The highest BCUT2D eigenvalue weighted by Crippen LogP contribution is 2.32. The number of aromatic nitrogens is 3. The van der Waals surface area contributed by atoms with E-state index in [-0.39, 0.29) is 11.4 Å². The van der Waals surface area contributed by atoms with Gasteiger partial charge in [0.1, 0.15) is 11.9 Å². The van der Waals surface area contributed by atoms with Crippen molar-refractivity contribution in [3.63, 3.8) is 0 Å². The molecule has 4 rings (SSSR count). The Kier molecular flexibility index (Phi) is 4.98. The summed E-state index contributed by atoms with van der Waals surface area (Å²) in [6.45, 7) is 3.60. The van der Waals surface area contributed by atoms with E-state index < -0.39 is 12.0 Å². The number of halogens is 1. The van der Waals surface area contributed by atoms with Crippen molar-refractivity contribution in [2.75, 3.05) is 7.11 Å². The van der Waals surface area contributed by atoms with E-state index >= 15 is 0 Å². The van der Waals surface area contributed by atoms with Gasteiger partial charge in [-0.1, -0.05) is 23.5 Å². The van der Waals surface area contributed by atoms with Crippen LogP contribution in [0.2, 0.25) is 0 Å². The lowest BCUT2D eigenvalue weighted by molar-refractivity contribution is -0.136. The molecule has 0 saturated carbocycles. The summed E-state index contributed by atoms with van der Waals surface area (Å²) < 4.78 is 21.8. The van der Waals surface area contributed by atoms with Gasteiger partial charge in [-0.3, -0.25) is 14.0 Å². The third-order valence-electron chi connectivity index (χ3n) is 5.16. The van der Waals surface area contributed by atoms with Gasteiger partial charge in [-0.15, -0.1) is 0 Å². The van der Waals surface area contributed by atoms with Crippen molar-refractivity contribution in [2.24, 2.45) is 12.0 Å². The van der Waals surface area contributed by atoms with Crippen LogP contribution in [0.25, 0.3) is 6.08 Å². The molecule has 0 bridgehead atoms. The number of benzene rings is 1. The average molecular weight is 426 g/mol. The van der Waals surface area contributed by atoms with Gasteiger partial charge >= 0.3 is 5.97 Å². The van der Waals surface area contributed by atoms with Gasteiger partial charge in [0.25, 0.3) is 5.56 Å². The molecule has 3 heterocycles. The third-order valence-corrected chi connectivity index (χ3v) is 6.15. The van der Waals surface area contributed by atoms with Crippen LogP contribution in [0.5, 0.6) is 0 Å². The lowest BCUT2D eigenvalue weighted by Gasteiger charge is -2.23. The molecule has 1 aliphatic rings. The Morgan fingerprint density at radius 1 is 1.27 bits per heavy atom. The molecule has 0 saturated heterocycles. The molecule has 1 aliphatic heterocycles. The zero-order chi connectivity index (χ0) is 21.6. The molecule has 9 heteroatoms. The van der Waals surface area contributed by atoms with E-state index in [9.17, 15) is 14.0 Å². The van der Waals surface area contributed by atoms with E-state index in [1.165, 1.54) is 35.1 Å². The van der Waals surface area contributed by atoms with Crippen LogP contribution >= 0.6 is 11.3 Å². The highest BCUT2D eigenvalue weighted by atomic mass is 32.1. The largest absolute Gasteiger partial charge is 0.466 e. The molecule has 0 unspecified atom stereocenters. The Hall–Kier alpha value is -3.33. The molecular weight excluding hydrogens is 407 g/mol. The fourth-order valence-corrected chi connectivity index (χ4v) is 4.53. The fraction of sp³-hybridized carbons (Fsp3) is 0.238. The molecule has 2 aromatic heterocycles. The van der Waals surface area contributed by atoms with E-state index in [0.717, 1.165) is 11.3 Å². The number of allylic oxidation sites excluding steroid dienone is 1. The van der Waals surface area contributed by atoms with Crippen molar-refractivity contribution in [3.8, 4) is 0 Å². The maximum absolute atomic E-state index is 13.4. The van der Waals surface area contributed by atoms with Gasteiger partial charge in [-0.25, -0.2) is 14.2 Å².